The van der Waals surface area contributed by atoms with Gasteiger partial charge in [-0.1, -0.05) is 18.2 Å². The molecule has 0 aromatic heterocycles. The highest BCUT2D eigenvalue weighted by Crippen LogP contribution is 2.28. The largest absolute Gasteiger partial charge is 0.482 e. The SMILES string of the molecule is Cc1ccc(NC(=O)Cc2ccc(S(N)(=O)=O)cc2)c(OCC(F)(F)F)c1. The zero-order valence-electron chi connectivity index (χ0n) is 14.2. The fraction of sp³-hybridized carbons (Fsp3) is 0.235. The van der Waals surface area contributed by atoms with Crippen LogP contribution in [0.15, 0.2) is 47.4 Å². The number of carbonyl (C=O) groups is 1. The van der Waals surface area contributed by atoms with Crippen molar-refractivity contribution in [2.45, 2.75) is 24.4 Å². The summed E-state index contributed by atoms with van der Waals surface area (Å²) < 4.78 is 64.3. The molecule has 10 heteroatoms. The first-order valence-corrected chi connectivity index (χ1v) is 9.20. The summed E-state index contributed by atoms with van der Waals surface area (Å²) in [6.45, 7) is 0.202. The van der Waals surface area contributed by atoms with Gasteiger partial charge in [0.1, 0.15) is 5.75 Å². The number of primary sulfonamides is 1. The van der Waals surface area contributed by atoms with Crippen molar-refractivity contribution in [2.75, 3.05) is 11.9 Å². The molecule has 0 fully saturated rings. The molecule has 0 unspecified atom stereocenters. The molecule has 2 rings (SSSR count). The molecule has 0 bridgehead atoms. The van der Waals surface area contributed by atoms with E-state index in [0.717, 1.165) is 0 Å². The first kappa shape index (κ1) is 20.7. The second-order valence-electron chi connectivity index (χ2n) is 5.82. The number of sulfonamides is 1. The molecule has 0 aliphatic rings. The van der Waals surface area contributed by atoms with Crippen molar-refractivity contribution in [3.05, 3.63) is 53.6 Å². The molecule has 0 atom stereocenters. The Morgan fingerprint density at radius 2 is 1.78 bits per heavy atom. The second kappa shape index (κ2) is 7.97. The number of halogens is 3. The number of benzene rings is 2. The lowest BCUT2D eigenvalue weighted by atomic mass is 10.1. The minimum absolute atomic E-state index is 0.0898. The molecule has 3 N–H and O–H groups in total. The van der Waals surface area contributed by atoms with Gasteiger partial charge in [0.05, 0.1) is 17.0 Å². The van der Waals surface area contributed by atoms with Crippen molar-refractivity contribution >= 4 is 21.6 Å². The summed E-state index contributed by atoms with van der Waals surface area (Å²) in [4.78, 5) is 12.1. The minimum Gasteiger partial charge on any atom is -0.482 e. The third-order valence-electron chi connectivity index (χ3n) is 3.42. The van der Waals surface area contributed by atoms with Crippen LogP contribution in [-0.4, -0.2) is 27.1 Å². The number of alkyl halides is 3. The van der Waals surface area contributed by atoms with Crippen LogP contribution in [-0.2, 0) is 21.2 Å². The molecule has 27 heavy (non-hydrogen) atoms. The van der Waals surface area contributed by atoms with Gasteiger partial charge in [0.2, 0.25) is 15.9 Å². The van der Waals surface area contributed by atoms with E-state index in [1.54, 1.807) is 13.0 Å². The Morgan fingerprint density at radius 1 is 1.15 bits per heavy atom. The average molecular weight is 402 g/mol. The van der Waals surface area contributed by atoms with Crippen molar-refractivity contribution < 1.29 is 31.1 Å². The maximum Gasteiger partial charge on any atom is 0.422 e. The Hall–Kier alpha value is -2.59. The molecule has 0 spiro atoms. The van der Waals surface area contributed by atoms with Gasteiger partial charge in [0, 0.05) is 0 Å². The molecule has 0 saturated heterocycles. The molecule has 0 heterocycles. The number of amides is 1. The Kier molecular flexibility index (Phi) is 6.11. The minimum atomic E-state index is -4.50. The fourth-order valence-electron chi connectivity index (χ4n) is 2.19. The number of nitrogens with two attached hydrogens (primary N) is 1. The fourth-order valence-corrected chi connectivity index (χ4v) is 2.70. The van der Waals surface area contributed by atoms with Crippen LogP contribution in [0.1, 0.15) is 11.1 Å². The normalized spacial score (nSPS) is 11.9. The van der Waals surface area contributed by atoms with Crippen molar-refractivity contribution in [3.63, 3.8) is 0 Å². The van der Waals surface area contributed by atoms with E-state index < -0.39 is 28.7 Å². The van der Waals surface area contributed by atoms with Gasteiger partial charge in [-0.15, -0.1) is 0 Å². The van der Waals surface area contributed by atoms with Crippen molar-refractivity contribution in [1.29, 1.82) is 0 Å². The van der Waals surface area contributed by atoms with Gasteiger partial charge in [-0.25, -0.2) is 13.6 Å². The molecular weight excluding hydrogens is 385 g/mol. The average Bonchev–Trinajstić information content (AvgIpc) is 2.54. The summed E-state index contributed by atoms with van der Waals surface area (Å²) in [6, 6.07) is 9.84. The Balaban J connectivity index is 2.09. The van der Waals surface area contributed by atoms with Gasteiger partial charge >= 0.3 is 6.18 Å². The standard InChI is InChI=1S/C17H17F3N2O4S/c1-11-2-7-14(15(8-11)26-10-17(18,19)20)22-16(23)9-12-3-5-13(6-4-12)27(21,24)25/h2-8H,9-10H2,1H3,(H,22,23)(H2,21,24,25). The predicted octanol–water partition coefficient (Wildman–Crippen LogP) is 2.76. The van der Waals surface area contributed by atoms with E-state index in [9.17, 15) is 26.4 Å². The van der Waals surface area contributed by atoms with Crippen molar-refractivity contribution in [2.24, 2.45) is 5.14 Å². The van der Waals surface area contributed by atoms with Crippen LogP contribution >= 0.6 is 0 Å². The van der Waals surface area contributed by atoms with E-state index in [1.807, 2.05) is 0 Å². The molecule has 146 valence electrons. The summed E-state index contributed by atoms with van der Waals surface area (Å²) in [5, 5.41) is 7.49. The Labute approximate surface area is 154 Å². The van der Waals surface area contributed by atoms with Crippen LogP contribution in [0.3, 0.4) is 0 Å². The lowest BCUT2D eigenvalue weighted by Crippen LogP contribution is -2.21. The third kappa shape index (κ3) is 6.57. The third-order valence-corrected chi connectivity index (χ3v) is 4.35. The first-order chi connectivity index (χ1) is 12.4. The number of hydrogen-bond donors (Lipinski definition) is 2. The monoisotopic (exact) mass is 402 g/mol. The molecular formula is C17H17F3N2O4S. The van der Waals surface area contributed by atoms with Crippen LogP contribution in [0.2, 0.25) is 0 Å². The summed E-state index contributed by atoms with van der Waals surface area (Å²) in [5.74, 6) is -0.593. The van der Waals surface area contributed by atoms with Gasteiger partial charge in [-0.2, -0.15) is 13.2 Å². The quantitative estimate of drug-likeness (QED) is 0.776. The topological polar surface area (TPSA) is 98.5 Å². The van der Waals surface area contributed by atoms with Crippen molar-refractivity contribution in [3.8, 4) is 5.75 Å². The number of aryl methyl sites for hydroxylation is 1. The summed E-state index contributed by atoms with van der Waals surface area (Å²) in [5.41, 5.74) is 1.28. The molecule has 2 aromatic carbocycles. The zero-order valence-corrected chi connectivity index (χ0v) is 15.0. The van der Waals surface area contributed by atoms with E-state index in [2.05, 4.69) is 5.32 Å². The Morgan fingerprint density at radius 3 is 2.33 bits per heavy atom. The maximum absolute atomic E-state index is 12.4. The van der Waals surface area contributed by atoms with Crippen molar-refractivity contribution in [1.82, 2.24) is 0 Å². The van der Waals surface area contributed by atoms with Gasteiger partial charge in [-0.3, -0.25) is 4.79 Å². The predicted molar refractivity (Wildman–Crippen MR) is 92.9 cm³/mol. The molecule has 0 saturated carbocycles. The molecule has 2 aromatic rings. The zero-order chi connectivity index (χ0) is 20.2. The molecule has 1 amide bonds. The number of ether oxygens (including phenoxy) is 1. The molecule has 0 aliphatic carbocycles. The van der Waals surface area contributed by atoms with E-state index in [-0.39, 0.29) is 22.8 Å². The van der Waals surface area contributed by atoms with Gasteiger partial charge in [-0.05, 0) is 42.3 Å². The molecule has 0 radical (unpaired) electrons. The lowest BCUT2D eigenvalue weighted by Gasteiger charge is -2.14. The van der Waals surface area contributed by atoms with E-state index in [0.29, 0.717) is 11.1 Å². The maximum atomic E-state index is 12.4. The summed E-state index contributed by atoms with van der Waals surface area (Å²) in [7, 11) is -3.83. The second-order valence-corrected chi connectivity index (χ2v) is 7.38. The number of rotatable bonds is 6. The smallest absolute Gasteiger partial charge is 0.422 e. The van der Waals surface area contributed by atoms with E-state index >= 15 is 0 Å². The number of nitrogens with one attached hydrogen (secondary N) is 1. The van der Waals surface area contributed by atoms with Crippen LogP contribution in [0.4, 0.5) is 18.9 Å². The molecule has 6 nitrogen and oxygen atoms in total. The lowest BCUT2D eigenvalue weighted by molar-refractivity contribution is -0.153. The Bertz CT molecular complexity index is 926. The van der Waals surface area contributed by atoms with E-state index in [1.165, 1.54) is 36.4 Å². The number of hydrogen-bond acceptors (Lipinski definition) is 4. The summed E-state index contributed by atoms with van der Waals surface area (Å²) in [6.07, 6.45) is -4.62. The number of anilines is 1. The number of carbonyl (C=O) groups excluding carboxylic acids is 1. The van der Waals surface area contributed by atoms with Gasteiger partial charge in [0.25, 0.3) is 0 Å². The van der Waals surface area contributed by atoms with Crippen LogP contribution in [0, 0.1) is 6.92 Å². The highest BCUT2D eigenvalue weighted by molar-refractivity contribution is 7.89. The van der Waals surface area contributed by atoms with Gasteiger partial charge in [0.15, 0.2) is 6.61 Å². The van der Waals surface area contributed by atoms with E-state index in [4.69, 9.17) is 9.88 Å². The highest BCUT2D eigenvalue weighted by Gasteiger charge is 2.29. The highest BCUT2D eigenvalue weighted by atomic mass is 32.2. The van der Waals surface area contributed by atoms with Crippen LogP contribution in [0.5, 0.6) is 5.75 Å². The first-order valence-electron chi connectivity index (χ1n) is 7.66. The van der Waals surface area contributed by atoms with Crippen LogP contribution in [0.25, 0.3) is 0 Å². The van der Waals surface area contributed by atoms with Gasteiger partial charge < -0.3 is 10.1 Å². The summed E-state index contributed by atoms with van der Waals surface area (Å²) >= 11 is 0. The van der Waals surface area contributed by atoms with Crippen LogP contribution < -0.4 is 15.2 Å². The molecule has 0 aliphatic heterocycles.